The molecule has 9 nitrogen and oxygen atoms in total. The zero-order chi connectivity index (χ0) is 16.3. The van der Waals surface area contributed by atoms with E-state index in [1.165, 1.54) is 10.8 Å². The maximum Gasteiger partial charge on any atom is 0.352 e. The Morgan fingerprint density at radius 1 is 1.24 bits per heavy atom. The van der Waals surface area contributed by atoms with Gasteiger partial charge in [-0.3, -0.25) is 0 Å². The first-order valence-corrected chi connectivity index (χ1v) is 9.32. The van der Waals surface area contributed by atoms with Crippen LogP contribution in [0.3, 0.4) is 0 Å². The third kappa shape index (κ3) is 5.12. The highest BCUT2D eigenvalue weighted by Crippen LogP contribution is 2.14. The van der Waals surface area contributed by atoms with E-state index in [0.29, 0.717) is 6.54 Å². The summed E-state index contributed by atoms with van der Waals surface area (Å²) < 4.78 is 51.2. The van der Waals surface area contributed by atoms with Crippen LogP contribution in [-0.4, -0.2) is 51.8 Å². The summed E-state index contributed by atoms with van der Waals surface area (Å²) in [6.45, 7) is 1.76. The Balaban J connectivity index is 2.81. The summed E-state index contributed by atoms with van der Waals surface area (Å²) in [6.07, 6.45) is 2.18. The Labute approximate surface area is 123 Å². The van der Waals surface area contributed by atoms with E-state index in [9.17, 15) is 21.6 Å². The molecule has 1 aromatic heterocycles. The van der Waals surface area contributed by atoms with Crippen molar-refractivity contribution in [1.29, 1.82) is 0 Å². The van der Waals surface area contributed by atoms with Crippen LogP contribution >= 0.6 is 0 Å². The molecule has 0 aliphatic heterocycles. The van der Waals surface area contributed by atoms with Crippen LogP contribution in [0.4, 0.5) is 0 Å². The van der Waals surface area contributed by atoms with Gasteiger partial charge in [-0.15, -0.1) is 0 Å². The van der Waals surface area contributed by atoms with Crippen LogP contribution in [0.1, 0.15) is 17.4 Å². The predicted molar refractivity (Wildman–Crippen MR) is 75.1 cm³/mol. The first-order valence-electron chi connectivity index (χ1n) is 5.94. The number of rotatable bonds is 8. The molecule has 0 fully saturated rings. The minimum absolute atomic E-state index is 0.0989. The van der Waals surface area contributed by atoms with E-state index < -0.39 is 26.0 Å². The Hall–Kier alpha value is -1.43. The number of nitrogens with one attached hydrogen (secondary N) is 2. The highest BCUT2D eigenvalue weighted by molar-refractivity contribution is 7.89. The Morgan fingerprint density at radius 3 is 2.24 bits per heavy atom. The van der Waals surface area contributed by atoms with Gasteiger partial charge in [0.15, 0.2) is 0 Å². The normalized spacial score (nSPS) is 12.5. The quantitative estimate of drug-likeness (QED) is 0.522. The van der Waals surface area contributed by atoms with E-state index in [1.807, 2.05) is 0 Å². The van der Waals surface area contributed by atoms with Gasteiger partial charge < -0.3 is 9.67 Å². The zero-order valence-corrected chi connectivity index (χ0v) is 13.2. The third-order valence-electron chi connectivity index (χ3n) is 2.52. The first-order chi connectivity index (χ1) is 9.57. The molecule has 0 unspecified atom stereocenters. The topological polar surface area (TPSA) is 135 Å². The lowest BCUT2D eigenvalue weighted by molar-refractivity contribution is 0.0685. The number of aromatic carboxylic acids is 1. The lowest BCUT2D eigenvalue weighted by atomic mass is 10.4. The molecule has 0 saturated carbocycles. The largest absolute Gasteiger partial charge is 0.477 e. The molecule has 11 heteroatoms. The van der Waals surface area contributed by atoms with E-state index in [0.717, 1.165) is 12.3 Å². The van der Waals surface area contributed by atoms with Gasteiger partial charge in [0.25, 0.3) is 0 Å². The number of nitrogens with zero attached hydrogens (tertiary/aromatic N) is 1. The summed E-state index contributed by atoms with van der Waals surface area (Å²) in [5.74, 6) is -1.22. The smallest absolute Gasteiger partial charge is 0.352 e. The van der Waals surface area contributed by atoms with Crippen LogP contribution in [0.15, 0.2) is 17.2 Å². The Kier molecular flexibility index (Phi) is 5.50. The molecular weight excluding hydrogens is 322 g/mol. The highest BCUT2D eigenvalue weighted by Gasteiger charge is 2.20. The molecule has 3 N–H and O–H groups in total. The van der Waals surface area contributed by atoms with Gasteiger partial charge in [-0.1, -0.05) is 0 Å². The van der Waals surface area contributed by atoms with E-state index in [1.54, 1.807) is 6.92 Å². The molecule has 1 heterocycles. The number of sulfonamides is 2. The monoisotopic (exact) mass is 339 g/mol. The number of hydrogen-bond acceptors (Lipinski definition) is 5. The van der Waals surface area contributed by atoms with Crippen molar-refractivity contribution in [3.63, 3.8) is 0 Å². The minimum Gasteiger partial charge on any atom is -0.477 e. The fraction of sp³-hybridized carbons (Fsp3) is 0.500. The average Bonchev–Trinajstić information content (AvgIpc) is 2.78. The number of aromatic nitrogens is 1. The third-order valence-corrected chi connectivity index (χ3v) is 4.68. The van der Waals surface area contributed by atoms with Crippen molar-refractivity contribution in [2.45, 2.75) is 18.4 Å². The van der Waals surface area contributed by atoms with E-state index >= 15 is 0 Å². The van der Waals surface area contributed by atoms with Gasteiger partial charge in [-0.25, -0.2) is 31.1 Å². The highest BCUT2D eigenvalue weighted by atomic mass is 32.2. The second kappa shape index (κ2) is 6.56. The molecule has 21 heavy (non-hydrogen) atoms. The van der Waals surface area contributed by atoms with Crippen molar-refractivity contribution in [2.75, 3.05) is 19.3 Å². The molecule has 0 radical (unpaired) electrons. The molecule has 1 aromatic rings. The first kappa shape index (κ1) is 17.6. The van der Waals surface area contributed by atoms with Crippen LogP contribution in [0.25, 0.3) is 0 Å². The van der Waals surface area contributed by atoms with Gasteiger partial charge in [0.2, 0.25) is 20.0 Å². The van der Waals surface area contributed by atoms with Crippen LogP contribution in [0.2, 0.25) is 0 Å². The molecule has 0 amide bonds. The molecule has 0 aliphatic rings. The molecule has 0 saturated heterocycles. The van der Waals surface area contributed by atoms with Crippen LogP contribution < -0.4 is 9.44 Å². The molecule has 0 aromatic carbocycles. The molecule has 0 spiro atoms. The van der Waals surface area contributed by atoms with Gasteiger partial charge in [0.05, 0.1) is 6.26 Å². The summed E-state index contributed by atoms with van der Waals surface area (Å²) >= 11 is 0. The maximum atomic E-state index is 12.0. The number of hydrogen-bond donors (Lipinski definition) is 3. The van der Waals surface area contributed by atoms with Crippen molar-refractivity contribution >= 4 is 26.0 Å². The summed E-state index contributed by atoms with van der Waals surface area (Å²) in [5, 5.41) is 8.97. The number of aryl methyl sites for hydroxylation is 1. The second-order valence-electron chi connectivity index (χ2n) is 4.22. The molecule has 0 atom stereocenters. The van der Waals surface area contributed by atoms with Crippen molar-refractivity contribution < 1.29 is 26.7 Å². The molecule has 120 valence electrons. The van der Waals surface area contributed by atoms with Crippen molar-refractivity contribution in [3.05, 3.63) is 18.0 Å². The van der Waals surface area contributed by atoms with Gasteiger partial charge in [0, 0.05) is 25.8 Å². The molecule has 1 rings (SSSR count). The molecule has 0 aliphatic carbocycles. The van der Waals surface area contributed by atoms with Gasteiger partial charge in [-0.2, -0.15) is 0 Å². The van der Waals surface area contributed by atoms with E-state index in [-0.39, 0.29) is 23.7 Å². The summed E-state index contributed by atoms with van der Waals surface area (Å²) in [7, 11) is -7.28. The summed E-state index contributed by atoms with van der Waals surface area (Å²) in [4.78, 5) is 10.8. The van der Waals surface area contributed by atoms with Crippen LogP contribution in [0, 0.1) is 0 Å². The van der Waals surface area contributed by atoms with Crippen molar-refractivity contribution in [1.82, 2.24) is 14.0 Å². The van der Waals surface area contributed by atoms with Crippen molar-refractivity contribution in [3.8, 4) is 0 Å². The fourth-order valence-corrected chi connectivity index (χ4v) is 3.12. The van der Waals surface area contributed by atoms with Crippen molar-refractivity contribution in [2.24, 2.45) is 0 Å². The Bertz CT molecular complexity index is 720. The second-order valence-corrected chi connectivity index (χ2v) is 7.82. The predicted octanol–water partition coefficient (Wildman–Crippen LogP) is -0.966. The summed E-state index contributed by atoms with van der Waals surface area (Å²) in [6, 6.07) is 1.05. The number of carboxylic acids is 1. The fourth-order valence-electron chi connectivity index (χ4n) is 1.58. The van der Waals surface area contributed by atoms with Gasteiger partial charge in [-0.05, 0) is 13.0 Å². The molecule has 0 bridgehead atoms. The zero-order valence-electron chi connectivity index (χ0n) is 11.5. The maximum absolute atomic E-state index is 12.0. The standard InChI is InChI=1S/C10H17N3O6S2/c1-3-13-7-8(6-9(13)10(14)15)21(18,19)12-5-4-11-20(2,16)17/h6-7,11-12H,3-5H2,1-2H3,(H,14,15). The van der Waals surface area contributed by atoms with Gasteiger partial charge in [0.1, 0.15) is 10.6 Å². The Morgan fingerprint density at radius 2 is 1.81 bits per heavy atom. The van der Waals surface area contributed by atoms with E-state index in [2.05, 4.69) is 9.44 Å². The minimum atomic E-state index is -3.89. The van der Waals surface area contributed by atoms with E-state index in [4.69, 9.17) is 5.11 Å². The lowest BCUT2D eigenvalue weighted by Gasteiger charge is -2.05. The number of carboxylic acid groups (broad SMARTS) is 1. The SMILES string of the molecule is CCn1cc(S(=O)(=O)NCCNS(C)(=O)=O)cc1C(=O)O. The summed E-state index contributed by atoms with van der Waals surface area (Å²) in [5.41, 5.74) is -0.132. The lowest BCUT2D eigenvalue weighted by Crippen LogP contribution is -2.34. The molecular formula is C10H17N3O6S2. The van der Waals surface area contributed by atoms with Crippen LogP contribution in [0.5, 0.6) is 0 Å². The average molecular weight is 339 g/mol. The van der Waals surface area contributed by atoms with Crippen LogP contribution in [-0.2, 0) is 26.6 Å². The number of carbonyl (C=O) groups is 1. The van der Waals surface area contributed by atoms with Gasteiger partial charge >= 0.3 is 5.97 Å².